The molecule has 0 heterocycles. The first kappa shape index (κ1) is 20.1. The second-order valence-corrected chi connectivity index (χ2v) is 6.47. The van der Waals surface area contributed by atoms with Crippen molar-refractivity contribution >= 4 is 17.6 Å². The third-order valence-electron chi connectivity index (χ3n) is 4.30. The zero-order chi connectivity index (χ0) is 20.6. The third kappa shape index (κ3) is 5.45. The summed E-state index contributed by atoms with van der Waals surface area (Å²) in [5.41, 5.74) is 2.62. The standard InChI is InChI=1S/C24H23NO4/c1-3-23(26)25-21-11-7-8-12-22(21)29-24(27)17(2)28-20-15-13-19(14-16-20)18-9-5-4-6-10-18/h4-17H,3H2,1-2H3,(H,25,26). The Labute approximate surface area is 170 Å². The van der Waals surface area contributed by atoms with Gasteiger partial charge in [-0.25, -0.2) is 4.79 Å². The summed E-state index contributed by atoms with van der Waals surface area (Å²) in [5.74, 6) is 0.155. The first-order valence-corrected chi connectivity index (χ1v) is 9.49. The molecule has 0 saturated carbocycles. The van der Waals surface area contributed by atoms with Gasteiger partial charge in [-0.05, 0) is 42.3 Å². The number of ether oxygens (including phenoxy) is 2. The van der Waals surface area contributed by atoms with Crippen LogP contribution in [0.5, 0.6) is 11.5 Å². The van der Waals surface area contributed by atoms with Crippen LogP contribution in [0.1, 0.15) is 20.3 Å². The molecule has 5 heteroatoms. The maximum atomic E-state index is 12.5. The molecule has 3 aromatic rings. The fourth-order valence-electron chi connectivity index (χ4n) is 2.70. The van der Waals surface area contributed by atoms with Crippen LogP contribution in [0.15, 0.2) is 78.9 Å². The molecule has 148 valence electrons. The Morgan fingerprint density at radius 2 is 1.48 bits per heavy atom. The molecule has 0 spiro atoms. The van der Waals surface area contributed by atoms with E-state index in [0.29, 0.717) is 17.9 Å². The molecule has 0 radical (unpaired) electrons. The summed E-state index contributed by atoms with van der Waals surface area (Å²) in [4.78, 5) is 24.1. The van der Waals surface area contributed by atoms with Crippen molar-refractivity contribution in [2.24, 2.45) is 0 Å². The van der Waals surface area contributed by atoms with Crippen molar-refractivity contribution in [2.45, 2.75) is 26.4 Å². The normalized spacial score (nSPS) is 11.4. The van der Waals surface area contributed by atoms with Crippen LogP contribution >= 0.6 is 0 Å². The first-order valence-electron chi connectivity index (χ1n) is 9.49. The SMILES string of the molecule is CCC(=O)Nc1ccccc1OC(=O)C(C)Oc1ccc(-c2ccccc2)cc1. The molecule has 0 fully saturated rings. The lowest BCUT2D eigenvalue weighted by atomic mass is 10.1. The van der Waals surface area contributed by atoms with Gasteiger partial charge in [0.1, 0.15) is 5.75 Å². The van der Waals surface area contributed by atoms with Gasteiger partial charge < -0.3 is 14.8 Å². The van der Waals surface area contributed by atoms with Gasteiger partial charge in [-0.2, -0.15) is 0 Å². The predicted molar refractivity (Wildman–Crippen MR) is 113 cm³/mol. The Balaban J connectivity index is 1.63. The second-order valence-electron chi connectivity index (χ2n) is 6.47. The van der Waals surface area contributed by atoms with Crippen molar-refractivity contribution in [2.75, 3.05) is 5.32 Å². The van der Waals surface area contributed by atoms with E-state index in [4.69, 9.17) is 9.47 Å². The van der Waals surface area contributed by atoms with E-state index < -0.39 is 12.1 Å². The molecule has 0 saturated heterocycles. The van der Waals surface area contributed by atoms with E-state index >= 15 is 0 Å². The molecule has 1 amide bonds. The van der Waals surface area contributed by atoms with Crippen LogP contribution in [0.3, 0.4) is 0 Å². The maximum Gasteiger partial charge on any atom is 0.352 e. The van der Waals surface area contributed by atoms with Crippen molar-refractivity contribution in [1.82, 2.24) is 0 Å². The van der Waals surface area contributed by atoms with Gasteiger partial charge >= 0.3 is 5.97 Å². The van der Waals surface area contributed by atoms with E-state index in [1.165, 1.54) is 0 Å². The van der Waals surface area contributed by atoms with Crippen LogP contribution in [0.25, 0.3) is 11.1 Å². The van der Waals surface area contributed by atoms with E-state index in [2.05, 4.69) is 5.32 Å². The van der Waals surface area contributed by atoms with Gasteiger partial charge in [0, 0.05) is 6.42 Å². The number of nitrogens with one attached hydrogen (secondary N) is 1. The van der Waals surface area contributed by atoms with Gasteiger partial charge in [0.25, 0.3) is 0 Å². The molecule has 29 heavy (non-hydrogen) atoms. The lowest BCUT2D eigenvalue weighted by molar-refractivity contribution is -0.141. The quantitative estimate of drug-likeness (QED) is 0.452. The molecule has 1 N–H and O–H groups in total. The largest absolute Gasteiger partial charge is 0.479 e. The molecular weight excluding hydrogens is 366 g/mol. The topological polar surface area (TPSA) is 64.6 Å². The summed E-state index contributed by atoms with van der Waals surface area (Å²) < 4.78 is 11.2. The minimum absolute atomic E-state index is 0.156. The van der Waals surface area contributed by atoms with Gasteiger partial charge in [0.15, 0.2) is 11.9 Å². The van der Waals surface area contributed by atoms with E-state index in [1.807, 2.05) is 54.6 Å². The number of carbonyl (C=O) groups is 2. The monoisotopic (exact) mass is 389 g/mol. The molecule has 3 aromatic carbocycles. The number of amides is 1. The molecule has 1 unspecified atom stereocenters. The molecule has 5 nitrogen and oxygen atoms in total. The Morgan fingerprint density at radius 1 is 0.862 bits per heavy atom. The van der Waals surface area contributed by atoms with Gasteiger partial charge in [0.05, 0.1) is 5.69 Å². The fourth-order valence-corrected chi connectivity index (χ4v) is 2.70. The highest BCUT2D eigenvalue weighted by Gasteiger charge is 2.19. The molecule has 0 aromatic heterocycles. The molecular formula is C24H23NO4. The van der Waals surface area contributed by atoms with Crippen LogP contribution in [-0.4, -0.2) is 18.0 Å². The van der Waals surface area contributed by atoms with Crippen LogP contribution in [0, 0.1) is 0 Å². The molecule has 0 aliphatic rings. The van der Waals surface area contributed by atoms with Crippen molar-refractivity contribution in [3.8, 4) is 22.6 Å². The van der Waals surface area contributed by atoms with E-state index in [1.54, 1.807) is 38.1 Å². The van der Waals surface area contributed by atoms with Gasteiger partial charge in [0.2, 0.25) is 5.91 Å². The predicted octanol–water partition coefficient (Wildman–Crippen LogP) is 5.08. The van der Waals surface area contributed by atoms with Gasteiger partial charge in [-0.1, -0.05) is 61.5 Å². The summed E-state index contributed by atoms with van der Waals surface area (Å²) in [6.07, 6.45) is -0.478. The summed E-state index contributed by atoms with van der Waals surface area (Å²) in [5, 5.41) is 2.72. The van der Waals surface area contributed by atoms with E-state index in [9.17, 15) is 9.59 Å². The Morgan fingerprint density at radius 3 is 2.17 bits per heavy atom. The second kappa shape index (κ2) is 9.55. The van der Waals surface area contributed by atoms with Gasteiger partial charge in [-0.15, -0.1) is 0 Å². The van der Waals surface area contributed by atoms with Crippen molar-refractivity contribution in [3.63, 3.8) is 0 Å². The average molecular weight is 389 g/mol. The molecule has 1 atom stereocenters. The first-order chi connectivity index (χ1) is 14.1. The molecule has 3 rings (SSSR count). The van der Waals surface area contributed by atoms with Crippen molar-refractivity contribution in [1.29, 1.82) is 0 Å². The lowest BCUT2D eigenvalue weighted by Gasteiger charge is -2.16. The number of rotatable bonds is 7. The number of para-hydroxylation sites is 2. The van der Waals surface area contributed by atoms with Crippen LogP contribution < -0.4 is 14.8 Å². The Hall–Kier alpha value is -3.60. The molecule has 0 aliphatic heterocycles. The van der Waals surface area contributed by atoms with Crippen LogP contribution in [0.4, 0.5) is 5.69 Å². The zero-order valence-corrected chi connectivity index (χ0v) is 16.4. The third-order valence-corrected chi connectivity index (χ3v) is 4.30. The van der Waals surface area contributed by atoms with Crippen molar-refractivity contribution < 1.29 is 19.1 Å². The summed E-state index contributed by atoms with van der Waals surface area (Å²) in [7, 11) is 0. The lowest BCUT2D eigenvalue weighted by Crippen LogP contribution is -2.28. The highest BCUT2D eigenvalue weighted by molar-refractivity contribution is 5.92. The highest BCUT2D eigenvalue weighted by Crippen LogP contribution is 2.26. The molecule has 0 bridgehead atoms. The Kier molecular flexibility index (Phi) is 6.63. The fraction of sp³-hybridized carbons (Fsp3) is 0.167. The van der Waals surface area contributed by atoms with E-state index in [0.717, 1.165) is 11.1 Å². The highest BCUT2D eigenvalue weighted by atomic mass is 16.6. The minimum atomic E-state index is -0.812. The number of carbonyl (C=O) groups excluding carboxylic acids is 2. The molecule has 0 aliphatic carbocycles. The van der Waals surface area contributed by atoms with Crippen LogP contribution in [0.2, 0.25) is 0 Å². The number of anilines is 1. The number of esters is 1. The maximum absolute atomic E-state index is 12.5. The number of hydrogen-bond donors (Lipinski definition) is 1. The minimum Gasteiger partial charge on any atom is -0.479 e. The average Bonchev–Trinajstić information content (AvgIpc) is 2.76. The smallest absolute Gasteiger partial charge is 0.352 e. The summed E-state index contributed by atoms with van der Waals surface area (Å²) in [6.45, 7) is 3.38. The summed E-state index contributed by atoms with van der Waals surface area (Å²) >= 11 is 0. The van der Waals surface area contributed by atoms with Crippen LogP contribution in [-0.2, 0) is 9.59 Å². The zero-order valence-electron chi connectivity index (χ0n) is 16.4. The van der Waals surface area contributed by atoms with E-state index in [-0.39, 0.29) is 11.7 Å². The summed E-state index contributed by atoms with van der Waals surface area (Å²) in [6, 6.07) is 24.3. The van der Waals surface area contributed by atoms with Crippen molar-refractivity contribution in [3.05, 3.63) is 78.9 Å². The van der Waals surface area contributed by atoms with Gasteiger partial charge in [-0.3, -0.25) is 4.79 Å². The number of benzene rings is 3. The number of hydrogen-bond acceptors (Lipinski definition) is 4. The Bertz CT molecular complexity index is 968.